The number of carbonyl (C=O) groups excluding carboxylic acids is 1. The summed E-state index contributed by atoms with van der Waals surface area (Å²) in [6.07, 6.45) is 0.847. The Kier molecular flexibility index (Phi) is 4.03. The number of carbonyl (C=O) groups is 1. The monoisotopic (exact) mass is 259 g/mol. The molecule has 0 bridgehead atoms. The Balaban J connectivity index is 2.40. The highest BCUT2D eigenvalue weighted by molar-refractivity contribution is 6.12. The van der Waals surface area contributed by atoms with Crippen molar-refractivity contribution < 1.29 is 9.53 Å². The maximum Gasteiger partial charge on any atom is 0.315 e. The van der Waals surface area contributed by atoms with Gasteiger partial charge >= 0.3 is 5.97 Å². The van der Waals surface area contributed by atoms with Crippen molar-refractivity contribution in [3.05, 3.63) is 35.4 Å². The standard InChI is InChI=1S/C16H21NO2/c1-4-19-16(18)14-13(10(2)3)9-11-7-5-6-8-12(11)15(14)17/h5-8,10,13-14,17H,4,9H2,1-3H3/t13-,14+/m1/s1. The molecule has 2 atom stereocenters. The molecule has 0 radical (unpaired) electrons. The van der Waals surface area contributed by atoms with Crippen LogP contribution < -0.4 is 0 Å². The smallest absolute Gasteiger partial charge is 0.315 e. The van der Waals surface area contributed by atoms with Crippen molar-refractivity contribution in [2.45, 2.75) is 27.2 Å². The largest absolute Gasteiger partial charge is 0.465 e. The molecule has 19 heavy (non-hydrogen) atoms. The van der Waals surface area contributed by atoms with Gasteiger partial charge in [-0.05, 0) is 36.3 Å². The molecule has 0 unspecified atom stereocenters. The topological polar surface area (TPSA) is 50.2 Å². The van der Waals surface area contributed by atoms with E-state index < -0.39 is 5.92 Å². The molecule has 0 aliphatic heterocycles. The Bertz CT molecular complexity index is 493. The van der Waals surface area contributed by atoms with Crippen molar-refractivity contribution in [3.8, 4) is 0 Å². The van der Waals surface area contributed by atoms with Crippen LogP contribution in [0, 0.1) is 23.2 Å². The van der Waals surface area contributed by atoms with Crippen molar-refractivity contribution in [3.63, 3.8) is 0 Å². The molecule has 2 rings (SSSR count). The van der Waals surface area contributed by atoms with E-state index in [4.69, 9.17) is 10.1 Å². The van der Waals surface area contributed by atoms with Gasteiger partial charge in [0.05, 0.1) is 12.3 Å². The molecule has 0 saturated carbocycles. The quantitative estimate of drug-likeness (QED) is 0.848. The van der Waals surface area contributed by atoms with E-state index in [1.54, 1.807) is 0 Å². The second kappa shape index (κ2) is 5.55. The first-order chi connectivity index (χ1) is 9.06. The minimum absolute atomic E-state index is 0.154. The van der Waals surface area contributed by atoms with Gasteiger partial charge in [0, 0.05) is 0 Å². The molecular weight excluding hydrogens is 238 g/mol. The van der Waals surface area contributed by atoms with E-state index in [0.29, 0.717) is 18.2 Å². The SMILES string of the molecule is CCOC(=O)[C@@H]1C(=N)c2ccccc2C[C@@H]1C(C)C. The fraction of sp³-hybridized carbons (Fsp3) is 0.500. The number of fused-ring (bicyclic) bond motifs is 1. The summed E-state index contributed by atoms with van der Waals surface area (Å²) in [6, 6.07) is 7.90. The molecule has 3 heteroatoms. The molecule has 1 aromatic carbocycles. The highest BCUT2D eigenvalue weighted by atomic mass is 16.5. The average molecular weight is 259 g/mol. The van der Waals surface area contributed by atoms with Gasteiger partial charge in [-0.3, -0.25) is 4.79 Å². The summed E-state index contributed by atoms with van der Waals surface area (Å²) >= 11 is 0. The summed E-state index contributed by atoms with van der Waals surface area (Å²) < 4.78 is 5.17. The minimum atomic E-state index is -0.421. The van der Waals surface area contributed by atoms with Gasteiger partial charge in [-0.15, -0.1) is 0 Å². The molecule has 1 aliphatic rings. The molecule has 3 nitrogen and oxygen atoms in total. The van der Waals surface area contributed by atoms with Crippen molar-refractivity contribution in [2.75, 3.05) is 6.61 Å². The predicted molar refractivity (Wildman–Crippen MR) is 75.4 cm³/mol. The summed E-state index contributed by atoms with van der Waals surface area (Å²) in [5.74, 6) is -0.167. The molecule has 0 aromatic heterocycles. The Morgan fingerprint density at radius 3 is 2.74 bits per heavy atom. The summed E-state index contributed by atoms with van der Waals surface area (Å²) in [6.45, 7) is 6.40. The van der Waals surface area contributed by atoms with Crippen LogP contribution in [0.15, 0.2) is 24.3 Å². The summed E-state index contributed by atoms with van der Waals surface area (Å²) in [5.41, 5.74) is 2.49. The van der Waals surface area contributed by atoms with Crippen LogP contribution in [0.3, 0.4) is 0 Å². The van der Waals surface area contributed by atoms with Crippen LogP contribution in [0.2, 0.25) is 0 Å². The van der Waals surface area contributed by atoms with Gasteiger partial charge in [0.1, 0.15) is 5.92 Å². The molecule has 0 saturated heterocycles. The first kappa shape index (κ1) is 13.8. The zero-order chi connectivity index (χ0) is 14.0. The predicted octanol–water partition coefficient (Wildman–Crippen LogP) is 3.06. The number of esters is 1. The maximum absolute atomic E-state index is 12.2. The summed E-state index contributed by atoms with van der Waals surface area (Å²) in [5, 5.41) is 8.36. The Labute approximate surface area is 114 Å². The van der Waals surface area contributed by atoms with Gasteiger partial charge in [0.15, 0.2) is 0 Å². The van der Waals surface area contributed by atoms with E-state index in [2.05, 4.69) is 19.9 Å². The number of rotatable bonds is 3. The second-order valence-electron chi connectivity index (χ2n) is 5.41. The molecule has 102 valence electrons. The van der Waals surface area contributed by atoms with Crippen molar-refractivity contribution in [2.24, 2.45) is 17.8 Å². The first-order valence-electron chi connectivity index (χ1n) is 6.89. The molecule has 0 amide bonds. The van der Waals surface area contributed by atoms with Gasteiger partial charge in [0.25, 0.3) is 0 Å². The maximum atomic E-state index is 12.2. The van der Waals surface area contributed by atoms with Crippen LogP contribution in [0.1, 0.15) is 31.9 Å². The van der Waals surface area contributed by atoms with E-state index in [-0.39, 0.29) is 11.9 Å². The average Bonchev–Trinajstić information content (AvgIpc) is 2.38. The number of hydrogen-bond acceptors (Lipinski definition) is 3. The van der Waals surface area contributed by atoms with Crippen LogP contribution in [0.25, 0.3) is 0 Å². The van der Waals surface area contributed by atoms with Gasteiger partial charge in [-0.2, -0.15) is 0 Å². The minimum Gasteiger partial charge on any atom is -0.465 e. The number of benzene rings is 1. The number of ether oxygens (including phenoxy) is 1. The lowest BCUT2D eigenvalue weighted by Gasteiger charge is -2.34. The second-order valence-corrected chi connectivity index (χ2v) is 5.41. The third-order valence-corrected chi connectivity index (χ3v) is 3.90. The van der Waals surface area contributed by atoms with Gasteiger partial charge in [-0.25, -0.2) is 0 Å². The Hall–Kier alpha value is -1.64. The Morgan fingerprint density at radius 2 is 2.11 bits per heavy atom. The van der Waals surface area contributed by atoms with E-state index in [1.165, 1.54) is 5.56 Å². The molecular formula is C16H21NO2. The summed E-state index contributed by atoms with van der Waals surface area (Å²) in [7, 11) is 0. The fourth-order valence-electron chi connectivity index (χ4n) is 2.86. The van der Waals surface area contributed by atoms with Crippen LogP contribution in [-0.2, 0) is 16.0 Å². The van der Waals surface area contributed by atoms with Gasteiger partial charge in [0.2, 0.25) is 0 Å². The van der Waals surface area contributed by atoms with E-state index in [1.807, 2.05) is 25.1 Å². The fourth-order valence-corrected chi connectivity index (χ4v) is 2.86. The summed E-state index contributed by atoms with van der Waals surface area (Å²) in [4.78, 5) is 12.2. The first-order valence-corrected chi connectivity index (χ1v) is 6.89. The highest BCUT2D eigenvalue weighted by Crippen LogP contribution is 2.35. The molecule has 0 heterocycles. The van der Waals surface area contributed by atoms with E-state index in [0.717, 1.165) is 12.0 Å². The molecule has 0 spiro atoms. The number of hydrogen-bond donors (Lipinski definition) is 1. The van der Waals surface area contributed by atoms with Gasteiger partial charge in [-0.1, -0.05) is 38.1 Å². The van der Waals surface area contributed by atoms with Gasteiger partial charge < -0.3 is 10.1 Å². The third kappa shape index (κ3) is 2.55. The van der Waals surface area contributed by atoms with E-state index >= 15 is 0 Å². The lowest BCUT2D eigenvalue weighted by Crippen LogP contribution is -2.40. The van der Waals surface area contributed by atoms with Crippen molar-refractivity contribution >= 4 is 11.7 Å². The lowest BCUT2D eigenvalue weighted by molar-refractivity contribution is -0.147. The highest BCUT2D eigenvalue weighted by Gasteiger charge is 2.39. The number of nitrogens with one attached hydrogen (secondary N) is 1. The zero-order valence-corrected chi connectivity index (χ0v) is 11.8. The molecule has 0 fully saturated rings. The Morgan fingerprint density at radius 1 is 1.42 bits per heavy atom. The molecule has 1 aliphatic carbocycles. The van der Waals surface area contributed by atoms with Crippen LogP contribution in [0.4, 0.5) is 0 Å². The van der Waals surface area contributed by atoms with Crippen molar-refractivity contribution in [1.82, 2.24) is 0 Å². The van der Waals surface area contributed by atoms with Crippen molar-refractivity contribution in [1.29, 1.82) is 5.41 Å². The van der Waals surface area contributed by atoms with Crippen LogP contribution >= 0.6 is 0 Å². The lowest BCUT2D eigenvalue weighted by atomic mass is 9.70. The normalized spacial score (nSPS) is 22.2. The third-order valence-electron chi connectivity index (χ3n) is 3.90. The van der Waals surface area contributed by atoms with E-state index in [9.17, 15) is 4.79 Å². The van der Waals surface area contributed by atoms with Crippen LogP contribution in [-0.4, -0.2) is 18.3 Å². The van der Waals surface area contributed by atoms with Crippen LogP contribution in [0.5, 0.6) is 0 Å². The zero-order valence-electron chi connectivity index (χ0n) is 11.8. The molecule has 1 aromatic rings. The molecule has 1 N–H and O–H groups in total.